The van der Waals surface area contributed by atoms with Crippen LogP contribution in [0.15, 0.2) is 0 Å². The smallest absolute Gasteiger partial charge is 0.335 e. The Balaban J connectivity index is 2.64. The molecule has 1 aliphatic rings. The Morgan fingerprint density at radius 2 is 0.785 bits per heavy atom. The van der Waals surface area contributed by atoms with Crippen molar-refractivity contribution in [2.24, 2.45) is 0 Å². The number of aliphatic hydroxyl groups is 2. The van der Waals surface area contributed by atoms with Crippen LogP contribution in [0.3, 0.4) is 0 Å². The van der Waals surface area contributed by atoms with E-state index in [9.17, 15) is 34.5 Å². The van der Waals surface area contributed by atoms with Crippen molar-refractivity contribution in [1.82, 2.24) is 0 Å². The summed E-state index contributed by atoms with van der Waals surface area (Å²) in [4.78, 5) is 50.7. The van der Waals surface area contributed by atoms with E-state index in [1.54, 1.807) is 0 Å². The van der Waals surface area contributed by atoms with Crippen LogP contribution >= 0.6 is 0 Å². The number of carbonyl (C=O) groups excluding carboxylic acids is 3. The molecule has 3 N–H and O–H groups in total. The fourth-order valence-corrected chi connectivity index (χ4v) is 8.49. The molecule has 0 amide bonds. The lowest BCUT2D eigenvalue weighted by Crippen LogP contribution is -2.61. The second-order valence-electron chi connectivity index (χ2n) is 18.9. The molecule has 1 saturated heterocycles. The Bertz CT molecular complexity index is 1150. The molecule has 382 valence electrons. The molecule has 0 saturated carbocycles. The highest BCUT2D eigenvalue weighted by Crippen LogP contribution is 2.26. The highest BCUT2D eigenvalue weighted by atomic mass is 16.7. The number of carboxylic acids is 1. The van der Waals surface area contributed by atoms with E-state index in [-0.39, 0.29) is 25.9 Å². The monoisotopic (exact) mass is 927 g/mol. The van der Waals surface area contributed by atoms with Crippen molar-refractivity contribution < 1.29 is 58.2 Å². The van der Waals surface area contributed by atoms with Crippen molar-refractivity contribution in [2.45, 2.75) is 302 Å². The predicted molar refractivity (Wildman–Crippen MR) is 257 cm³/mol. The predicted octanol–water partition coefficient (Wildman–Crippen LogP) is 12.8. The van der Waals surface area contributed by atoms with Gasteiger partial charge in [-0.3, -0.25) is 14.4 Å². The summed E-state index contributed by atoms with van der Waals surface area (Å²) in [7, 11) is 0. The summed E-state index contributed by atoms with van der Waals surface area (Å²) >= 11 is 0. The molecule has 0 spiro atoms. The van der Waals surface area contributed by atoms with E-state index in [4.69, 9.17) is 23.7 Å². The van der Waals surface area contributed by atoms with Crippen LogP contribution in [0.25, 0.3) is 0 Å². The van der Waals surface area contributed by atoms with Crippen molar-refractivity contribution >= 4 is 23.9 Å². The summed E-state index contributed by atoms with van der Waals surface area (Å²) in [6, 6.07) is 0. The van der Waals surface area contributed by atoms with Gasteiger partial charge in [-0.25, -0.2) is 4.79 Å². The molecular formula is C53H98O12. The molecule has 65 heavy (non-hydrogen) atoms. The van der Waals surface area contributed by atoms with Gasteiger partial charge in [-0.1, -0.05) is 226 Å². The third-order valence-electron chi connectivity index (χ3n) is 12.7. The van der Waals surface area contributed by atoms with Crippen LogP contribution in [0, 0.1) is 0 Å². The summed E-state index contributed by atoms with van der Waals surface area (Å²) < 4.78 is 28.2. The van der Waals surface area contributed by atoms with Gasteiger partial charge in [-0.15, -0.1) is 0 Å². The zero-order valence-corrected chi connectivity index (χ0v) is 41.8. The second-order valence-corrected chi connectivity index (χ2v) is 18.9. The number of aliphatic carboxylic acids is 1. The molecule has 12 heteroatoms. The summed E-state index contributed by atoms with van der Waals surface area (Å²) in [5.41, 5.74) is 0. The van der Waals surface area contributed by atoms with E-state index in [2.05, 4.69) is 20.8 Å². The number of carboxylic acid groups (broad SMARTS) is 1. The number of esters is 3. The number of aliphatic hydroxyl groups excluding tert-OH is 2. The van der Waals surface area contributed by atoms with Crippen molar-refractivity contribution in [1.29, 1.82) is 0 Å². The van der Waals surface area contributed by atoms with Crippen molar-refractivity contribution in [3.63, 3.8) is 0 Å². The van der Waals surface area contributed by atoms with Gasteiger partial charge in [0.05, 0.1) is 6.61 Å². The standard InChI is InChI=1S/C53H98O12/c1-4-7-10-13-16-19-20-21-22-23-24-25-26-29-30-33-36-39-45(54)61-42-44(63-46(55)40-37-34-31-27-17-14-11-8-5-2)43-62-53-51(49(58)48(57)50(65-53)52(59)60)64-47(56)41-38-35-32-28-18-15-12-9-6-3/h44,48-51,53,57-58H,4-43H2,1-3H3,(H,59,60). The number of hydrogen-bond donors (Lipinski definition) is 3. The maximum atomic E-state index is 13.0. The Hall–Kier alpha value is -2.28. The summed E-state index contributed by atoms with van der Waals surface area (Å²) in [6.45, 7) is 5.95. The minimum atomic E-state index is -1.89. The van der Waals surface area contributed by atoms with Crippen LogP contribution in [0.2, 0.25) is 0 Å². The van der Waals surface area contributed by atoms with Gasteiger partial charge in [0, 0.05) is 19.3 Å². The molecule has 0 aromatic carbocycles. The lowest BCUT2D eigenvalue weighted by Gasteiger charge is -2.40. The third kappa shape index (κ3) is 33.8. The molecule has 0 aromatic rings. The first kappa shape index (κ1) is 60.7. The van der Waals surface area contributed by atoms with E-state index < -0.39 is 67.3 Å². The zero-order chi connectivity index (χ0) is 47.6. The van der Waals surface area contributed by atoms with Crippen LogP contribution < -0.4 is 0 Å². The van der Waals surface area contributed by atoms with Gasteiger partial charge in [0.2, 0.25) is 0 Å². The van der Waals surface area contributed by atoms with Crippen LogP contribution in [-0.4, -0.2) is 89.2 Å². The molecule has 0 bridgehead atoms. The van der Waals surface area contributed by atoms with E-state index >= 15 is 0 Å². The van der Waals surface area contributed by atoms with Crippen LogP contribution in [0.5, 0.6) is 0 Å². The molecule has 0 aliphatic carbocycles. The molecular weight excluding hydrogens is 829 g/mol. The molecule has 1 rings (SSSR count). The molecule has 0 aromatic heterocycles. The molecule has 1 fully saturated rings. The van der Waals surface area contributed by atoms with E-state index in [0.717, 1.165) is 64.2 Å². The van der Waals surface area contributed by atoms with Gasteiger partial charge in [-0.05, 0) is 19.3 Å². The fourth-order valence-electron chi connectivity index (χ4n) is 8.49. The highest BCUT2D eigenvalue weighted by molar-refractivity contribution is 5.74. The Morgan fingerprint density at radius 3 is 1.15 bits per heavy atom. The van der Waals surface area contributed by atoms with Crippen molar-refractivity contribution in [3.8, 4) is 0 Å². The topological polar surface area (TPSA) is 175 Å². The first-order valence-corrected chi connectivity index (χ1v) is 27.0. The largest absolute Gasteiger partial charge is 0.479 e. The van der Waals surface area contributed by atoms with E-state index in [1.807, 2.05) is 0 Å². The normalized spacial score (nSPS) is 18.9. The Morgan fingerprint density at radius 1 is 0.446 bits per heavy atom. The van der Waals surface area contributed by atoms with Gasteiger partial charge in [0.1, 0.15) is 18.8 Å². The number of carbonyl (C=O) groups is 4. The summed E-state index contributed by atoms with van der Waals surface area (Å²) in [5, 5.41) is 31.2. The van der Waals surface area contributed by atoms with Gasteiger partial charge in [-0.2, -0.15) is 0 Å². The molecule has 0 radical (unpaired) electrons. The summed E-state index contributed by atoms with van der Waals surface area (Å²) in [5.74, 6) is -3.09. The lowest BCUT2D eigenvalue weighted by molar-refractivity contribution is -0.301. The quantitative estimate of drug-likeness (QED) is 0.0300. The Kier molecular flexibility index (Phi) is 40.2. The third-order valence-corrected chi connectivity index (χ3v) is 12.7. The fraction of sp³-hybridized carbons (Fsp3) is 0.925. The van der Waals surface area contributed by atoms with Crippen LogP contribution in [-0.2, 0) is 42.9 Å². The average molecular weight is 927 g/mol. The summed E-state index contributed by atoms with van der Waals surface area (Å²) in [6.07, 6.45) is 31.2. The first-order chi connectivity index (χ1) is 31.6. The maximum absolute atomic E-state index is 13.0. The maximum Gasteiger partial charge on any atom is 0.335 e. The lowest BCUT2D eigenvalue weighted by atomic mass is 9.98. The van der Waals surface area contributed by atoms with Gasteiger partial charge in [0.15, 0.2) is 24.6 Å². The first-order valence-electron chi connectivity index (χ1n) is 27.0. The average Bonchev–Trinajstić information content (AvgIpc) is 3.29. The molecule has 12 nitrogen and oxygen atoms in total. The Labute approximate surface area is 395 Å². The highest BCUT2D eigenvalue weighted by Gasteiger charge is 2.50. The minimum absolute atomic E-state index is 0.0682. The van der Waals surface area contributed by atoms with Crippen LogP contribution in [0.1, 0.15) is 265 Å². The number of rotatable bonds is 46. The van der Waals surface area contributed by atoms with E-state index in [0.29, 0.717) is 19.3 Å². The van der Waals surface area contributed by atoms with Crippen molar-refractivity contribution in [2.75, 3.05) is 13.2 Å². The number of unbranched alkanes of at least 4 members (excludes halogenated alkanes) is 32. The second kappa shape index (κ2) is 43.0. The van der Waals surface area contributed by atoms with Gasteiger partial charge >= 0.3 is 23.9 Å². The van der Waals surface area contributed by atoms with Crippen molar-refractivity contribution in [3.05, 3.63) is 0 Å². The van der Waals surface area contributed by atoms with Gasteiger partial charge < -0.3 is 39.0 Å². The van der Waals surface area contributed by atoms with Gasteiger partial charge in [0.25, 0.3) is 0 Å². The number of ether oxygens (including phenoxy) is 5. The molecule has 1 aliphatic heterocycles. The molecule has 6 unspecified atom stereocenters. The molecule has 6 atom stereocenters. The zero-order valence-electron chi connectivity index (χ0n) is 41.8. The minimum Gasteiger partial charge on any atom is -0.479 e. The number of hydrogen-bond acceptors (Lipinski definition) is 11. The van der Waals surface area contributed by atoms with E-state index in [1.165, 1.54) is 141 Å². The molecule has 1 heterocycles. The van der Waals surface area contributed by atoms with Crippen LogP contribution in [0.4, 0.5) is 0 Å². The SMILES string of the molecule is CCCCCCCCCCCCCCCCCCCC(=O)OCC(COC1OC(C(=O)O)C(O)C(O)C1OC(=O)CCCCCCCCCCC)OC(=O)CCCCCCCCCCC.